The molecule has 2 aromatic carbocycles. The minimum absolute atomic E-state index is 0.147. The van der Waals surface area contributed by atoms with Gasteiger partial charge in [-0.2, -0.15) is 0 Å². The van der Waals surface area contributed by atoms with Gasteiger partial charge >= 0.3 is 5.97 Å². The number of fused-ring (bicyclic) bond motifs is 2. The molecule has 30 heavy (non-hydrogen) atoms. The number of esters is 1. The Hall–Kier alpha value is -3.01. The van der Waals surface area contributed by atoms with Crippen LogP contribution in [-0.4, -0.2) is 23.3 Å². The maximum Gasteiger partial charge on any atom is 0.339 e. The number of aromatic nitrogens is 1. The molecule has 0 bridgehead atoms. The number of carbonyl (C=O) groups is 2. The molecule has 0 fully saturated rings. The van der Waals surface area contributed by atoms with Crippen molar-refractivity contribution in [2.75, 3.05) is 6.61 Å². The zero-order valence-electron chi connectivity index (χ0n) is 17.8. The monoisotopic (exact) mass is 401 g/mol. The van der Waals surface area contributed by atoms with Gasteiger partial charge in [-0.25, -0.2) is 4.79 Å². The standard InChI is InChI=1S/C26H27NO3/c1-26(2,3)18-13-14-22-20(15-18)24(19-11-7-8-12-21(19)27-22)25(29)30-16-23(28)17-9-5-4-6-10-17/h4-12,18H,13-16H2,1-3H3. The first-order chi connectivity index (χ1) is 14.3. The summed E-state index contributed by atoms with van der Waals surface area (Å²) in [5.41, 5.74) is 4.03. The minimum Gasteiger partial charge on any atom is -0.454 e. The lowest BCUT2D eigenvalue weighted by Gasteiger charge is -2.35. The Bertz CT molecular complexity index is 1100. The van der Waals surface area contributed by atoms with Crippen LogP contribution in [0.25, 0.3) is 10.9 Å². The molecular formula is C26H27NO3. The molecule has 154 valence electrons. The molecule has 1 aliphatic rings. The van der Waals surface area contributed by atoms with Crippen LogP contribution in [0.1, 0.15) is 59.2 Å². The van der Waals surface area contributed by atoms with Crippen LogP contribution in [-0.2, 0) is 17.6 Å². The molecule has 4 rings (SSSR count). The molecule has 1 aromatic heterocycles. The van der Waals surface area contributed by atoms with E-state index in [0.717, 1.165) is 41.4 Å². The van der Waals surface area contributed by atoms with Gasteiger partial charge < -0.3 is 4.74 Å². The SMILES string of the molecule is CC(C)(C)C1CCc2nc3ccccc3c(C(=O)OCC(=O)c3ccccc3)c2C1. The number of carbonyl (C=O) groups excluding carboxylic acids is 2. The fraction of sp³-hybridized carbons (Fsp3) is 0.346. The van der Waals surface area contributed by atoms with E-state index in [2.05, 4.69) is 20.8 Å². The second kappa shape index (κ2) is 8.02. The van der Waals surface area contributed by atoms with E-state index in [0.29, 0.717) is 17.0 Å². The van der Waals surface area contributed by atoms with Gasteiger partial charge in [0.15, 0.2) is 12.4 Å². The van der Waals surface area contributed by atoms with Gasteiger partial charge in [0.25, 0.3) is 0 Å². The van der Waals surface area contributed by atoms with E-state index in [1.54, 1.807) is 24.3 Å². The Kier molecular flexibility index (Phi) is 5.42. The van der Waals surface area contributed by atoms with E-state index in [1.165, 1.54) is 0 Å². The normalized spacial score (nSPS) is 16.2. The summed E-state index contributed by atoms with van der Waals surface area (Å²) >= 11 is 0. The van der Waals surface area contributed by atoms with Crippen LogP contribution in [0.4, 0.5) is 0 Å². The van der Waals surface area contributed by atoms with E-state index < -0.39 is 5.97 Å². The summed E-state index contributed by atoms with van der Waals surface area (Å²) < 4.78 is 5.52. The highest BCUT2D eigenvalue weighted by Crippen LogP contribution is 2.39. The van der Waals surface area contributed by atoms with E-state index in [-0.39, 0.29) is 17.8 Å². The molecule has 1 atom stereocenters. The van der Waals surface area contributed by atoms with Crippen molar-refractivity contribution in [2.24, 2.45) is 11.3 Å². The lowest BCUT2D eigenvalue weighted by molar-refractivity contribution is 0.0474. The van der Waals surface area contributed by atoms with Gasteiger partial charge in [-0.05, 0) is 42.2 Å². The van der Waals surface area contributed by atoms with Crippen LogP contribution in [0.3, 0.4) is 0 Å². The molecular weight excluding hydrogens is 374 g/mol. The van der Waals surface area contributed by atoms with Crippen LogP contribution >= 0.6 is 0 Å². The first-order valence-electron chi connectivity index (χ1n) is 10.5. The lowest BCUT2D eigenvalue weighted by atomic mass is 9.70. The van der Waals surface area contributed by atoms with Crippen molar-refractivity contribution in [3.63, 3.8) is 0 Å². The molecule has 1 aliphatic carbocycles. The van der Waals surface area contributed by atoms with Crippen molar-refractivity contribution in [3.05, 3.63) is 77.0 Å². The third-order valence-corrected chi connectivity index (χ3v) is 6.12. The van der Waals surface area contributed by atoms with Gasteiger partial charge in [-0.15, -0.1) is 0 Å². The second-order valence-corrected chi connectivity index (χ2v) is 9.10. The highest BCUT2D eigenvalue weighted by atomic mass is 16.5. The summed E-state index contributed by atoms with van der Waals surface area (Å²) in [6.07, 6.45) is 2.71. The zero-order valence-corrected chi connectivity index (χ0v) is 17.8. The Morgan fingerprint density at radius 1 is 1.03 bits per heavy atom. The Morgan fingerprint density at radius 3 is 2.47 bits per heavy atom. The summed E-state index contributed by atoms with van der Waals surface area (Å²) in [7, 11) is 0. The van der Waals surface area contributed by atoms with E-state index in [1.807, 2.05) is 30.3 Å². The fourth-order valence-corrected chi connectivity index (χ4v) is 4.27. The average Bonchev–Trinajstić information content (AvgIpc) is 2.75. The molecule has 3 aromatic rings. The molecule has 0 amide bonds. The first-order valence-corrected chi connectivity index (χ1v) is 10.5. The number of nitrogens with zero attached hydrogens (tertiary/aromatic N) is 1. The number of pyridine rings is 1. The predicted molar refractivity (Wildman–Crippen MR) is 118 cm³/mol. The van der Waals surface area contributed by atoms with Crippen molar-refractivity contribution >= 4 is 22.7 Å². The number of hydrogen-bond acceptors (Lipinski definition) is 4. The molecule has 0 N–H and O–H groups in total. The van der Waals surface area contributed by atoms with Crippen molar-refractivity contribution in [2.45, 2.75) is 40.0 Å². The smallest absolute Gasteiger partial charge is 0.339 e. The highest BCUT2D eigenvalue weighted by molar-refractivity contribution is 6.06. The molecule has 0 spiro atoms. The number of Topliss-reactive ketones (excluding diaryl/α,β-unsaturated/α-hetero) is 1. The molecule has 0 saturated heterocycles. The van der Waals surface area contributed by atoms with E-state index >= 15 is 0 Å². The number of ketones is 1. The summed E-state index contributed by atoms with van der Waals surface area (Å²) in [6, 6.07) is 16.6. The number of aryl methyl sites for hydroxylation is 1. The van der Waals surface area contributed by atoms with Crippen molar-refractivity contribution in [1.82, 2.24) is 4.98 Å². The number of hydrogen-bond donors (Lipinski definition) is 0. The molecule has 4 nitrogen and oxygen atoms in total. The minimum atomic E-state index is -0.441. The lowest BCUT2D eigenvalue weighted by Crippen LogP contribution is -2.29. The topological polar surface area (TPSA) is 56.3 Å². The maximum absolute atomic E-state index is 13.2. The van der Waals surface area contributed by atoms with Crippen LogP contribution < -0.4 is 0 Å². The molecule has 4 heteroatoms. The van der Waals surface area contributed by atoms with E-state index in [4.69, 9.17) is 9.72 Å². The highest BCUT2D eigenvalue weighted by Gasteiger charge is 2.33. The second-order valence-electron chi connectivity index (χ2n) is 9.10. The van der Waals surface area contributed by atoms with Crippen molar-refractivity contribution < 1.29 is 14.3 Å². The van der Waals surface area contributed by atoms with Gasteiger partial charge in [-0.1, -0.05) is 69.3 Å². The van der Waals surface area contributed by atoms with Gasteiger partial charge in [0, 0.05) is 16.6 Å². The van der Waals surface area contributed by atoms with Gasteiger partial charge in [0.2, 0.25) is 0 Å². The van der Waals surface area contributed by atoms with Crippen molar-refractivity contribution in [3.8, 4) is 0 Å². The molecule has 0 aliphatic heterocycles. The van der Waals surface area contributed by atoms with Gasteiger partial charge in [0.05, 0.1) is 11.1 Å². The number of benzene rings is 2. The van der Waals surface area contributed by atoms with Crippen LogP contribution in [0.2, 0.25) is 0 Å². The molecule has 0 saturated carbocycles. The quantitative estimate of drug-likeness (QED) is 0.432. The summed E-state index contributed by atoms with van der Waals surface area (Å²) in [5.74, 6) is -0.182. The summed E-state index contributed by atoms with van der Waals surface area (Å²) in [6.45, 7) is 6.46. The molecule has 1 unspecified atom stereocenters. The number of ether oxygens (including phenoxy) is 1. The predicted octanol–water partition coefficient (Wildman–Crippen LogP) is 5.43. The first kappa shape index (κ1) is 20.3. The largest absolute Gasteiger partial charge is 0.454 e. The van der Waals surface area contributed by atoms with Gasteiger partial charge in [-0.3, -0.25) is 9.78 Å². The fourth-order valence-electron chi connectivity index (χ4n) is 4.27. The molecule has 0 radical (unpaired) electrons. The maximum atomic E-state index is 13.2. The summed E-state index contributed by atoms with van der Waals surface area (Å²) in [5, 5.41) is 0.794. The Labute approximate surface area is 177 Å². The Morgan fingerprint density at radius 2 is 1.73 bits per heavy atom. The van der Waals surface area contributed by atoms with Crippen LogP contribution in [0.5, 0.6) is 0 Å². The van der Waals surface area contributed by atoms with Crippen molar-refractivity contribution in [1.29, 1.82) is 0 Å². The number of para-hydroxylation sites is 1. The average molecular weight is 402 g/mol. The third-order valence-electron chi connectivity index (χ3n) is 6.12. The Balaban J connectivity index is 1.68. The van der Waals surface area contributed by atoms with Crippen LogP contribution in [0, 0.1) is 11.3 Å². The number of rotatable bonds is 4. The van der Waals surface area contributed by atoms with E-state index in [9.17, 15) is 9.59 Å². The zero-order chi connectivity index (χ0) is 21.3. The third kappa shape index (κ3) is 4.00. The summed E-state index contributed by atoms with van der Waals surface area (Å²) in [4.78, 5) is 30.5. The van der Waals surface area contributed by atoms with Crippen LogP contribution in [0.15, 0.2) is 54.6 Å². The molecule has 1 heterocycles. The van der Waals surface area contributed by atoms with Gasteiger partial charge in [0.1, 0.15) is 0 Å².